The number of likely N-dealkylation sites (tertiary alicyclic amines) is 1. The lowest BCUT2D eigenvalue weighted by Gasteiger charge is -2.17. The molecule has 1 N–H and O–H groups in total. The predicted molar refractivity (Wildman–Crippen MR) is 99.3 cm³/mol. The van der Waals surface area contributed by atoms with Gasteiger partial charge in [0.1, 0.15) is 0 Å². The molecule has 2 aromatic carbocycles. The molecule has 24 heavy (non-hydrogen) atoms. The summed E-state index contributed by atoms with van der Waals surface area (Å²) in [6, 6.07) is 15.4. The van der Waals surface area contributed by atoms with Gasteiger partial charge in [0, 0.05) is 35.6 Å². The quantitative estimate of drug-likeness (QED) is 0.827. The summed E-state index contributed by atoms with van der Waals surface area (Å²) in [5.41, 5.74) is 2.04. The minimum atomic E-state index is -0.781. The molecule has 0 radical (unpaired) electrons. The van der Waals surface area contributed by atoms with E-state index in [0.717, 1.165) is 12.1 Å². The van der Waals surface area contributed by atoms with E-state index in [0.29, 0.717) is 23.1 Å². The van der Waals surface area contributed by atoms with Gasteiger partial charge >= 0.3 is 5.97 Å². The van der Waals surface area contributed by atoms with Crippen LogP contribution in [0.15, 0.2) is 48.5 Å². The van der Waals surface area contributed by atoms with Gasteiger partial charge in [0.15, 0.2) is 0 Å². The lowest BCUT2D eigenvalue weighted by Crippen LogP contribution is -2.23. The van der Waals surface area contributed by atoms with Crippen molar-refractivity contribution >= 4 is 41.6 Å². The van der Waals surface area contributed by atoms with Crippen molar-refractivity contribution in [1.29, 1.82) is 0 Å². The highest BCUT2D eigenvalue weighted by Crippen LogP contribution is 2.38. The summed E-state index contributed by atoms with van der Waals surface area (Å²) in [5, 5.41) is 10.7. The Bertz CT molecular complexity index is 709. The molecular formula is C18H18Cl3NO2. The molecule has 6 heteroatoms. The molecule has 2 unspecified atom stereocenters. The maximum Gasteiger partial charge on any atom is 0.308 e. The average molecular weight is 387 g/mol. The van der Waals surface area contributed by atoms with Gasteiger partial charge in [-0.25, -0.2) is 0 Å². The van der Waals surface area contributed by atoms with Gasteiger partial charge in [-0.2, -0.15) is 0 Å². The largest absolute Gasteiger partial charge is 0.481 e. The fraction of sp³-hybridized carbons (Fsp3) is 0.278. The molecule has 0 bridgehead atoms. The van der Waals surface area contributed by atoms with E-state index < -0.39 is 11.9 Å². The van der Waals surface area contributed by atoms with Gasteiger partial charge < -0.3 is 5.11 Å². The van der Waals surface area contributed by atoms with Crippen LogP contribution in [0.2, 0.25) is 10.0 Å². The molecule has 0 spiro atoms. The van der Waals surface area contributed by atoms with Gasteiger partial charge in [-0.15, -0.1) is 12.4 Å². The lowest BCUT2D eigenvalue weighted by molar-refractivity contribution is -0.141. The number of rotatable bonds is 4. The molecule has 1 heterocycles. The van der Waals surface area contributed by atoms with Crippen LogP contribution in [-0.4, -0.2) is 29.1 Å². The van der Waals surface area contributed by atoms with Crippen molar-refractivity contribution in [3.05, 3.63) is 69.7 Å². The van der Waals surface area contributed by atoms with Gasteiger partial charge in [-0.3, -0.25) is 9.69 Å². The van der Waals surface area contributed by atoms with Crippen molar-refractivity contribution in [2.45, 2.75) is 12.5 Å². The summed E-state index contributed by atoms with van der Waals surface area (Å²) in [4.78, 5) is 13.8. The van der Waals surface area contributed by atoms with Crippen LogP contribution in [0.4, 0.5) is 0 Å². The third-order valence-electron chi connectivity index (χ3n) is 4.32. The van der Waals surface area contributed by atoms with Crippen LogP contribution in [0.3, 0.4) is 0 Å². The topological polar surface area (TPSA) is 40.5 Å². The summed E-state index contributed by atoms with van der Waals surface area (Å²) in [6.07, 6.45) is 0. The lowest BCUT2D eigenvalue weighted by atomic mass is 9.89. The van der Waals surface area contributed by atoms with E-state index >= 15 is 0 Å². The first-order chi connectivity index (χ1) is 11.0. The number of aliphatic carboxylic acids is 1. The molecule has 1 aliphatic heterocycles. The second-order valence-electron chi connectivity index (χ2n) is 5.90. The van der Waals surface area contributed by atoms with Crippen molar-refractivity contribution in [2.75, 3.05) is 13.1 Å². The summed E-state index contributed by atoms with van der Waals surface area (Å²) in [5.74, 6) is -1.37. The Morgan fingerprint density at radius 1 is 1.12 bits per heavy atom. The second kappa shape index (κ2) is 8.21. The Labute approximate surface area is 157 Å². The number of benzene rings is 2. The van der Waals surface area contributed by atoms with E-state index in [9.17, 15) is 9.90 Å². The third-order valence-corrected chi connectivity index (χ3v) is 4.89. The highest BCUT2D eigenvalue weighted by Gasteiger charge is 2.39. The second-order valence-corrected chi connectivity index (χ2v) is 6.74. The van der Waals surface area contributed by atoms with E-state index in [-0.39, 0.29) is 18.3 Å². The molecule has 0 amide bonds. The highest BCUT2D eigenvalue weighted by atomic mass is 35.5. The Morgan fingerprint density at radius 2 is 1.83 bits per heavy atom. The molecule has 2 atom stereocenters. The van der Waals surface area contributed by atoms with Gasteiger partial charge in [0.25, 0.3) is 0 Å². The number of carboxylic acid groups (broad SMARTS) is 1. The standard InChI is InChI=1S/C18H17Cl2NO2.ClH/c19-13-6-7-14(17(20)8-13)15-10-21(11-16(15)18(22)23)9-12-4-2-1-3-5-12;/h1-8,15-16H,9-11H2,(H,22,23);1H. The number of carbonyl (C=O) groups is 1. The molecular weight excluding hydrogens is 369 g/mol. The van der Waals surface area contributed by atoms with E-state index in [4.69, 9.17) is 23.2 Å². The molecule has 0 aliphatic carbocycles. The Morgan fingerprint density at radius 3 is 2.46 bits per heavy atom. The maximum atomic E-state index is 11.7. The van der Waals surface area contributed by atoms with E-state index in [1.54, 1.807) is 12.1 Å². The zero-order chi connectivity index (χ0) is 16.4. The van der Waals surface area contributed by atoms with E-state index in [1.165, 1.54) is 5.56 Å². The first-order valence-electron chi connectivity index (χ1n) is 7.48. The van der Waals surface area contributed by atoms with Gasteiger partial charge in [0.05, 0.1) is 5.92 Å². The van der Waals surface area contributed by atoms with E-state index in [2.05, 4.69) is 17.0 Å². The minimum Gasteiger partial charge on any atom is -0.481 e. The Balaban J connectivity index is 0.00000208. The van der Waals surface area contributed by atoms with Gasteiger partial charge in [0.2, 0.25) is 0 Å². The minimum absolute atomic E-state index is 0. The van der Waals surface area contributed by atoms with Gasteiger partial charge in [-0.1, -0.05) is 59.6 Å². The van der Waals surface area contributed by atoms with Crippen molar-refractivity contribution in [3.8, 4) is 0 Å². The smallest absolute Gasteiger partial charge is 0.308 e. The van der Waals surface area contributed by atoms with Crippen LogP contribution in [0.1, 0.15) is 17.0 Å². The summed E-state index contributed by atoms with van der Waals surface area (Å²) in [7, 11) is 0. The third kappa shape index (κ3) is 4.22. The molecule has 128 valence electrons. The van der Waals surface area contributed by atoms with Crippen LogP contribution in [0.5, 0.6) is 0 Å². The molecule has 0 aromatic heterocycles. The summed E-state index contributed by atoms with van der Waals surface area (Å²) in [6.45, 7) is 1.94. The monoisotopic (exact) mass is 385 g/mol. The Hall–Kier alpha value is -1.26. The number of hydrogen-bond donors (Lipinski definition) is 1. The molecule has 2 aromatic rings. The molecule has 0 saturated carbocycles. The zero-order valence-corrected chi connectivity index (χ0v) is 15.2. The average Bonchev–Trinajstić information content (AvgIpc) is 2.92. The molecule has 3 rings (SSSR count). The van der Waals surface area contributed by atoms with Crippen molar-refractivity contribution in [2.24, 2.45) is 5.92 Å². The predicted octanol–water partition coefficient (Wildman–Crippen LogP) is 4.72. The number of halogens is 3. The fourth-order valence-electron chi connectivity index (χ4n) is 3.22. The first kappa shape index (κ1) is 19.1. The summed E-state index contributed by atoms with van der Waals surface area (Å²) < 4.78 is 0. The van der Waals surface area contributed by atoms with Crippen molar-refractivity contribution < 1.29 is 9.90 Å². The number of nitrogens with zero attached hydrogens (tertiary/aromatic N) is 1. The van der Waals surface area contributed by atoms with Crippen LogP contribution < -0.4 is 0 Å². The first-order valence-corrected chi connectivity index (χ1v) is 8.24. The van der Waals surface area contributed by atoms with Gasteiger partial charge in [-0.05, 0) is 23.3 Å². The molecule has 1 fully saturated rings. The normalized spacial score (nSPS) is 20.6. The Kier molecular flexibility index (Phi) is 6.53. The molecule has 1 aliphatic rings. The maximum absolute atomic E-state index is 11.7. The van der Waals surface area contributed by atoms with Crippen LogP contribution in [0.25, 0.3) is 0 Å². The highest BCUT2D eigenvalue weighted by molar-refractivity contribution is 6.35. The molecule has 3 nitrogen and oxygen atoms in total. The fourth-order valence-corrected chi connectivity index (χ4v) is 3.77. The van der Waals surface area contributed by atoms with E-state index in [1.807, 2.05) is 24.3 Å². The molecule has 1 saturated heterocycles. The van der Waals surface area contributed by atoms with Crippen molar-refractivity contribution in [3.63, 3.8) is 0 Å². The van der Waals surface area contributed by atoms with Crippen LogP contribution in [0, 0.1) is 5.92 Å². The van der Waals surface area contributed by atoms with Crippen molar-refractivity contribution in [1.82, 2.24) is 4.90 Å². The SMILES string of the molecule is Cl.O=C(O)C1CN(Cc2ccccc2)CC1c1ccc(Cl)cc1Cl. The number of hydrogen-bond acceptors (Lipinski definition) is 2. The zero-order valence-electron chi connectivity index (χ0n) is 12.9. The van der Waals surface area contributed by atoms with Crippen LogP contribution >= 0.6 is 35.6 Å². The summed E-state index contributed by atoms with van der Waals surface area (Å²) >= 11 is 12.2. The number of carboxylic acids is 1. The van der Waals surface area contributed by atoms with Crippen LogP contribution in [-0.2, 0) is 11.3 Å².